The minimum absolute atomic E-state index is 0.124. The van der Waals surface area contributed by atoms with Crippen LogP contribution in [0.4, 0.5) is 11.4 Å². The van der Waals surface area contributed by atoms with Crippen LogP contribution in [0.25, 0.3) is 0 Å². The highest BCUT2D eigenvalue weighted by molar-refractivity contribution is 6.23. The van der Waals surface area contributed by atoms with E-state index in [0.717, 1.165) is 23.6 Å². The van der Waals surface area contributed by atoms with E-state index in [1.807, 2.05) is 19.1 Å². The van der Waals surface area contributed by atoms with Crippen molar-refractivity contribution in [3.63, 3.8) is 0 Å². The quantitative estimate of drug-likeness (QED) is 0.773. The lowest BCUT2D eigenvalue weighted by Gasteiger charge is -2.16. The standard InChI is InChI=1S/C20H22N2O4/c1-3-12-26-17-10-6-15(7-11-17)22-19(23)13-18(20(22)24)21-14-4-8-16(25-2)9-5-14/h4-11,18,21H,3,12-13H2,1-2H3. The second-order valence-corrected chi connectivity index (χ2v) is 6.04. The minimum atomic E-state index is -0.577. The van der Waals surface area contributed by atoms with Crippen LogP contribution < -0.4 is 19.7 Å². The molecule has 6 nitrogen and oxygen atoms in total. The second kappa shape index (κ2) is 7.91. The molecule has 1 atom stereocenters. The lowest BCUT2D eigenvalue weighted by Crippen LogP contribution is -2.34. The van der Waals surface area contributed by atoms with Gasteiger partial charge in [0, 0.05) is 5.69 Å². The minimum Gasteiger partial charge on any atom is -0.497 e. The third-order valence-electron chi connectivity index (χ3n) is 4.15. The summed E-state index contributed by atoms with van der Waals surface area (Å²) in [6.45, 7) is 2.67. The van der Waals surface area contributed by atoms with E-state index >= 15 is 0 Å². The Hall–Kier alpha value is -3.02. The lowest BCUT2D eigenvalue weighted by molar-refractivity contribution is -0.121. The Morgan fingerprint density at radius 1 is 1.04 bits per heavy atom. The summed E-state index contributed by atoms with van der Waals surface area (Å²) in [5.74, 6) is 0.982. The van der Waals surface area contributed by atoms with Crippen LogP contribution in [0.1, 0.15) is 19.8 Å². The van der Waals surface area contributed by atoms with E-state index in [9.17, 15) is 9.59 Å². The fraction of sp³-hybridized carbons (Fsp3) is 0.300. The predicted octanol–water partition coefficient (Wildman–Crippen LogP) is 3.23. The van der Waals surface area contributed by atoms with E-state index < -0.39 is 6.04 Å². The molecular weight excluding hydrogens is 332 g/mol. The van der Waals surface area contributed by atoms with Crippen molar-refractivity contribution in [1.82, 2.24) is 0 Å². The van der Waals surface area contributed by atoms with Crippen LogP contribution in [0.2, 0.25) is 0 Å². The SMILES string of the molecule is CCCOc1ccc(N2C(=O)CC(Nc3ccc(OC)cc3)C2=O)cc1. The van der Waals surface area contributed by atoms with Gasteiger partial charge in [-0.05, 0) is 55.0 Å². The summed E-state index contributed by atoms with van der Waals surface area (Å²) < 4.78 is 10.7. The molecule has 136 valence electrons. The average molecular weight is 354 g/mol. The van der Waals surface area contributed by atoms with Gasteiger partial charge in [0.1, 0.15) is 17.5 Å². The highest BCUT2D eigenvalue weighted by atomic mass is 16.5. The van der Waals surface area contributed by atoms with Crippen LogP contribution >= 0.6 is 0 Å². The Labute approximate surface area is 152 Å². The number of nitrogens with one attached hydrogen (secondary N) is 1. The summed E-state index contributed by atoms with van der Waals surface area (Å²) >= 11 is 0. The first-order chi connectivity index (χ1) is 12.6. The number of hydrogen-bond acceptors (Lipinski definition) is 5. The zero-order chi connectivity index (χ0) is 18.5. The maximum atomic E-state index is 12.7. The summed E-state index contributed by atoms with van der Waals surface area (Å²) in [6.07, 6.45) is 1.04. The van der Waals surface area contributed by atoms with Crippen LogP contribution in [0.3, 0.4) is 0 Å². The van der Waals surface area contributed by atoms with Crippen LogP contribution in [-0.4, -0.2) is 31.6 Å². The predicted molar refractivity (Wildman–Crippen MR) is 99.7 cm³/mol. The molecule has 1 aliphatic rings. The smallest absolute Gasteiger partial charge is 0.256 e. The van der Waals surface area contributed by atoms with Crippen molar-refractivity contribution in [1.29, 1.82) is 0 Å². The van der Waals surface area contributed by atoms with Gasteiger partial charge in [-0.25, -0.2) is 4.90 Å². The maximum Gasteiger partial charge on any atom is 0.256 e. The largest absolute Gasteiger partial charge is 0.497 e. The van der Waals surface area contributed by atoms with Gasteiger partial charge in [0.25, 0.3) is 5.91 Å². The number of benzene rings is 2. The topological polar surface area (TPSA) is 67.9 Å². The van der Waals surface area contributed by atoms with Gasteiger partial charge in [-0.2, -0.15) is 0 Å². The van der Waals surface area contributed by atoms with E-state index in [2.05, 4.69) is 5.32 Å². The lowest BCUT2D eigenvalue weighted by atomic mass is 10.2. The Balaban J connectivity index is 1.69. The molecule has 3 rings (SSSR count). The van der Waals surface area contributed by atoms with Crippen molar-refractivity contribution in [2.24, 2.45) is 0 Å². The molecule has 0 saturated carbocycles. The molecule has 6 heteroatoms. The van der Waals surface area contributed by atoms with Crippen molar-refractivity contribution in [2.75, 3.05) is 23.9 Å². The molecule has 2 amide bonds. The molecule has 0 bridgehead atoms. The highest BCUT2D eigenvalue weighted by Gasteiger charge is 2.39. The Kier molecular flexibility index (Phi) is 5.41. The van der Waals surface area contributed by atoms with E-state index in [1.54, 1.807) is 43.5 Å². The number of anilines is 2. The molecule has 1 heterocycles. The van der Waals surface area contributed by atoms with Gasteiger partial charge in [-0.3, -0.25) is 9.59 Å². The van der Waals surface area contributed by atoms with E-state index in [0.29, 0.717) is 12.3 Å². The first-order valence-electron chi connectivity index (χ1n) is 8.62. The zero-order valence-electron chi connectivity index (χ0n) is 14.9. The van der Waals surface area contributed by atoms with Crippen molar-refractivity contribution < 1.29 is 19.1 Å². The molecule has 1 aliphatic heterocycles. The molecule has 1 saturated heterocycles. The second-order valence-electron chi connectivity index (χ2n) is 6.04. The fourth-order valence-corrected chi connectivity index (χ4v) is 2.82. The molecule has 2 aromatic rings. The van der Waals surface area contributed by atoms with Crippen molar-refractivity contribution in [3.05, 3.63) is 48.5 Å². The molecule has 1 N–H and O–H groups in total. The van der Waals surface area contributed by atoms with Gasteiger partial charge in [0.2, 0.25) is 5.91 Å². The normalized spacial score (nSPS) is 16.7. The number of carbonyl (C=O) groups excluding carboxylic acids is 2. The molecule has 1 unspecified atom stereocenters. The molecule has 0 aromatic heterocycles. The Morgan fingerprint density at radius 2 is 1.69 bits per heavy atom. The average Bonchev–Trinajstić information content (AvgIpc) is 2.94. The number of nitrogens with zero attached hydrogens (tertiary/aromatic N) is 1. The number of imide groups is 1. The Bertz CT molecular complexity index is 771. The monoisotopic (exact) mass is 354 g/mol. The first kappa shape index (κ1) is 17.8. The van der Waals surface area contributed by atoms with Gasteiger partial charge in [-0.15, -0.1) is 0 Å². The molecule has 1 fully saturated rings. The molecule has 0 spiro atoms. The van der Waals surface area contributed by atoms with Gasteiger partial charge in [0.05, 0.1) is 25.8 Å². The number of rotatable bonds is 7. The van der Waals surface area contributed by atoms with Crippen LogP contribution in [0, 0.1) is 0 Å². The highest BCUT2D eigenvalue weighted by Crippen LogP contribution is 2.27. The number of hydrogen-bond donors (Lipinski definition) is 1. The number of methoxy groups -OCH3 is 1. The van der Waals surface area contributed by atoms with Gasteiger partial charge < -0.3 is 14.8 Å². The van der Waals surface area contributed by atoms with E-state index in [4.69, 9.17) is 9.47 Å². The third-order valence-corrected chi connectivity index (χ3v) is 4.15. The summed E-state index contributed by atoms with van der Waals surface area (Å²) in [7, 11) is 1.60. The van der Waals surface area contributed by atoms with E-state index in [1.165, 1.54) is 4.90 Å². The summed E-state index contributed by atoms with van der Waals surface area (Å²) in [5.41, 5.74) is 1.32. The number of ether oxygens (including phenoxy) is 2. The molecule has 26 heavy (non-hydrogen) atoms. The van der Waals surface area contributed by atoms with Crippen LogP contribution in [0.5, 0.6) is 11.5 Å². The molecule has 0 radical (unpaired) electrons. The van der Waals surface area contributed by atoms with Gasteiger partial charge >= 0.3 is 0 Å². The zero-order valence-corrected chi connectivity index (χ0v) is 14.9. The molecule has 2 aromatic carbocycles. The third kappa shape index (κ3) is 3.79. The van der Waals surface area contributed by atoms with Gasteiger partial charge in [0.15, 0.2) is 0 Å². The maximum absolute atomic E-state index is 12.7. The van der Waals surface area contributed by atoms with Gasteiger partial charge in [-0.1, -0.05) is 6.92 Å². The fourth-order valence-electron chi connectivity index (χ4n) is 2.82. The number of amides is 2. The number of carbonyl (C=O) groups is 2. The molecule has 0 aliphatic carbocycles. The van der Waals surface area contributed by atoms with Crippen molar-refractivity contribution in [2.45, 2.75) is 25.8 Å². The summed E-state index contributed by atoms with van der Waals surface area (Å²) in [4.78, 5) is 26.3. The van der Waals surface area contributed by atoms with E-state index in [-0.39, 0.29) is 18.2 Å². The molecular formula is C20H22N2O4. The summed E-state index contributed by atoms with van der Waals surface area (Å²) in [6, 6.07) is 13.7. The summed E-state index contributed by atoms with van der Waals surface area (Å²) in [5, 5.41) is 3.12. The van der Waals surface area contributed by atoms with Crippen molar-refractivity contribution >= 4 is 23.2 Å². The Morgan fingerprint density at radius 3 is 2.31 bits per heavy atom. The van der Waals surface area contributed by atoms with Crippen molar-refractivity contribution in [3.8, 4) is 11.5 Å². The first-order valence-corrected chi connectivity index (χ1v) is 8.62. The van der Waals surface area contributed by atoms with Crippen LogP contribution in [-0.2, 0) is 9.59 Å². The van der Waals surface area contributed by atoms with Crippen LogP contribution in [0.15, 0.2) is 48.5 Å².